The van der Waals surface area contributed by atoms with Crippen molar-refractivity contribution in [3.63, 3.8) is 0 Å². The predicted octanol–water partition coefficient (Wildman–Crippen LogP) is 4.90. The second-order valence-electron chi connectivity index (χ2n) is 5.59. The van der Waals surface area contributed by atoms with Crippen molar-refractivity contribution in [3.05, 3.63) is 71.0 Å². The highest BCUT2D eigenvalue weighted by atomic mass is 79.9. The van der Waals surface area contributed by atoms with E-state index >= 15 is 0 Å². The van der Waals surface area contributed by atoms with Crippen LogP contribution in [0.5, 0.6) is 5.75 Å². The van der Waals surface area contributed by atoms with Crippen LogP contribution in [-0.2, 0) is 6.54 Å². The Bertz CT molecular complexity index is 862. The number of rotatable bonds is 6. The molecule has 0 unspecified atom stereocenters. The molecule has 0 spiro atoms. The number of nitrogens with zero attached hydrogens (tertiary/aromatic N) is 2. The monoisotopic (exact) mass is 430 g/mol. The molecular weight excluding hydrogens is 412 g/mol. The topological polar surface area (TPSA) is 51.1 Å². The zero-order chi connectivity index (χ0) is 18.4. The van der Waals surface area contributed by atoms with Crippen LogP contribution in [0.2, 0.25) is 0 Å². The van der Waals surface area contributed by atoms with E-state index in [1.807, 2.05) is 54.2 Å². The lowest BCUT2D eigenvalue weighted by Gasteiger charge is -2.10. The van der Waals surface area contributed by atoms with Gasteiger partial charge in [0.1, 0.15) is 5.75 Å². The zero-order valence-corrected chi connectivity index (χ0v) is 16.7. The maximum atomic E-state index is 5.43. The Morgan fingerprint density at radius 1 is 1.08 bits per heavy atom. The number of aromatic nitrogens is 2. The van der Waals surface area contributed by atoms with Crippen LogP contribution in [0.4, 0.5) is 11.4 Å². The summed E-state index contributed by atoms with van der Waals surface area (Å²) in [6.45, 7) is 3.31. The van der Waals surface area contributed by atoms with Gasteiger partial charge in [-0.15, -0.1) is 0 Å². The van der Waals surface area contributed by atoms with Gasteiger partial charge in [0.2, 0.25) is 0 Å². The molecule has 1 aromatic heterocycles. The van der Waals surface area contributed by atoms with Crippen LogP contribution in [-0.4, -0.2) is 21.5 Å². The van der Waals surface area contributed by atoms with E-state index in [0.717, 1.165) is 21.6 Å². The van der Waals surface area contributed by atoms with Crippen LogP contribution in [0.3, 0.4) is 0 Å². The van der Waals surface area contributed by atoms with Crippen LogP contribution in [0, 0.1) is 0 Å². The number of hydrogen-bond donors (Lipinski definition) is 2. The summed E-state index contributed by atoms with van der Waals surface area (Å²) < 4.78 is 8.36. The first-order valence-corrected chi connectivity index (χ1v) is 9.40. The molecule has 2 aromatic carbocycles. The van der Waals surface area contributed by atoms with E-state index in [2.05, 4.69) is 43.8 Å². The Morgan fingerprint density at radius 2 is 1.77 bits per heavy atom. The van der Waals surface area contributed by atoms with Gasteiger partial charge in [0.05, 0.1) is 25.0 Å². The Morgan fingerprint density at radius 3 is 2.46 bits per heavy atom. The number of nitrogens with one attached hydrogen (secondary N) is 2. The molecule has 0 saturated heterocycles. The third-order valence-electron chi connectivity index (χ3n) is 3.57. The normalized spacial score (nSPS) is 10.4. The molecule has 134 valence electrons. The van der Waals surface area contributed by atoms with Crippen LogP contribution < -0.4 is 15.4 Å². The molecule has 0 fully saturated rings. The molecule has 3 rings (SSSR count). The van der Waals surface area contributed by atoms with Crippen LogP contribution in [0.1, 0.15) is 12.5 Å². The van der Waals surface area contributed by atoms with Crippen molar-refractivity contribution < 1.29 is 4.74 Å². The Hall–Kier alpha value is -2.38. The summed E-state index contributed by atoms with van der Waals surface area (Å²) in [7, 11) is 0. The largest absolute Gasteiger partial charge is 0.494 e. The maximum Gasteiger partial charge on any atom is 0.175 e. The highest BCUT2D eigenvalue weighted by Crippen LogP contribution is 2.16. The number of halogens is 1. The number of ether oxygens (including phenoxy) is 1. The molecule has 0 aliphatic heterocycles. The van der Waals surface area contributed by atoms with Gasteiger partial charge in [0.15, 0.2) is 5.11 Å². The van der Waals surface area contributed by atoms with Crippen molar-refractivity contribution in [1.29, 1.82) is 0 Å². The molecule has 1 heterocycles. The van der Waals surface area contributed by atoms with Crippen molar-refractivity contribution >= 4 is 44.6 Å². The molecule has 7 heteroatoms. The summed E-state index contributed by atoms with van der Waals surface area (Å²) in [6.07, 6.45) is 3.68. The molecule has 0 radical (unpaired) electrons. The van der Waals surface area contributed by atoms with E-state index in [4.69, 9.17) is 17.0 Å². The van der Waals surface area contributed by atoms with Gasteiger partial charge in [-0.3, -0.25) is 4.68 Å². The smallest absolute Gasteiger partial charge is 0.175 e. The molecule has 0 aliphatic rings. The SMILES string of the molecule is CCOc1ccc(NC(=S)Nc2cnn(Cc3ccc(Br)cc3)c2)cc1. The second kappa shape index (κ2) is 8.82. The maximum absolute atomic E-state index is 5.43. The molecule has 0 aliphatic carbocycles. The molecular formula is C19H19BrN4OS. The van der Waals surface area contributed by atoms with E-state index in [1.165, 1.54) is 5.56 Å². The third kappa shape index (κ3) is 5.31. The van der Waals surface area contributed by atoms with E-state index < -0.39 is 0 Å². The number of anilines is 2. The molecule has 0 amide bonds. The molecule has 0 bridgehead atoms. The van der Waals surface area contributed by atoms with Gasteiger partial charge in [-0.1, -0.05) is 28.1 Å². The summed E-state index contributed by atoms with van der Waals surface area (Å²) in [6, 6.07) is 15.8. The first-order chi connectivity index (χ1) is 12.6. The minimum Gasteiger partial charge on any atom is -0.494 e. The van der Waals surface area contributed by atoms with Gasteiger partial charge < -0.3 is 15.4 Å². The van der Waals surface area contributed by atoms with E-state index in [-0.39, 0.29) is 0 Å². The first kappa shape index (κ1) is 18.4. The average Bonchev–Trinajstić information content (AvgIpc) is 3.05. The summed E-state index contributed by atoms with van der Waals surface area (Å²) in [5, 5.41) is 11.2. The molecule has 2 N–H and O–H groups in total. The number of hydrogen-bond acceptors (Lipinski definition) is 3. The van der Waals surface area contributed by atoms with Crippen molar-refractivity contribution in [2.45, 2.75) is 13.5 Å². The van der Waals surface area contributed by atoms with Gasteiger partial charge in [-0.2, -0.15) is 5.10 Å². The van der Waals surface area contributed by atoms with Gasteiger partial charge in [-0.05, 0) is 61.1 Å². The minimum atomic E-state index is 0.511. The lowest BCUT2D eigenvalue weighted by atomic mass is 10.2. The van der Waals surface area contributed by atoms with Gasteiger partial charge in [-0.25, -0.2) is 0 Å². The van der Waals surface area contributed by atoms with E-state index in [9.17, 15) is 0 Å². The van der Waals surface area contributed by atoms with Crippen LogP contribution in [0.25, 0.3) is 0 Å². The molecule has 3 aromatic rings. The molecule has 0 atom stereocenters. The first-order valence-electron chi connectivity index (χ1n) is 8.20. The Labute approximate surface area is 166 Å². The standard InChI is InChI=1S/C19H19BrN4OS/c1-2-25-18-9-7-16(8-10-18)22-19(26)23-17-11-21-24(13-17)12-14-3-5-15(20)6-4-14/h3-11,13H,2,12H2,1H3,(H2,22,23,26). The van der Waals surface area contributed by atoms with Crippen LogP contribution >= 0.6 is 28.1 Å². The summed E-state index contributed by atoms with van der Waals surface area (Å²) in [5.74, 6) is 0.839. The third-order valence-corrected chi connectivity index (χ3v) is 4.30. The van der Waals surface area contributed by atoms with Crippen LogP contribution in [0.15, 0.2) is 65.4 Å². The fraction of sp³-hybridized carbons (Fsp3) is 0.158. The van der Waals surface area contributed by atoms with E-state index in [0.29, 0.717) is 18.3 Å². The highest BCUT2D eigenvalue weighted by molar-refractivity contribution is 9.10. The summed E-state index contributed by atoms with van der Waals surface area (Å²) in [5.41, 5.74) is 2.91. The Kier molecular flexibility index (Phi) is 6.25. The quantitative estimate of drug-likeness (QED) is 0.544. The molecule has 26 heavy (non-hydrogen) atoms. The summed E-state index contributed by atoms with van der Waals surface area (Å²) >= 11 is 8.80. The van der Waals surface area contributed by atoms with Gasteiger partial charge >= 0.3 is 0 Å². The van der Waals surface area contributed by atoms with Gasteiger partial charge in [0.25, 0.3) is 0 Å². The van der Waals surface area contributed by atoms with E-state index in [1.54, 1.807) is 6.20 Å². The lowest BCUT2D eigenvalue weighted by molar-refractivity contribution is 0.340. The zero-order valence-electron chi connectivity index (χ0n) is 14.3. The van der Waals surface area contributed by atoms with Crippen molar-refractivity contribution in [3.8, 4) is 5.75 Å². The van der Waals surface area contributed by atoms with Gasteiger partial charge in [0, 0.05) is 16.4 Å². The fourth-order valence-corrected chi connectivity index (χ4v) is 2.89. The minimum absolute atomic E-state index is 0.511. The molecule has 5 nitrogen and oxygen atoms in total. The fourth-order valence-electron chi connectivity index (χ4n) is 2.39. The van der Waals surface area contributed by atoms with Crippen molar-refractivity contribution in [1.82, 2.24) is 9.78 Å². The Balaban J connectivity index is 1.54. The van der Waals surface area contributed by atoms with Crippen molar-refractivity contribution in [2.75, 3.05) is 17.2 Å². The average molecular weight is 431 g/mol. The second-order valence-corrected chi connectivity index (χ2v) is 6.91. The number of thiocarbonyl (C=S) groups is 1. The lowest BCUT2D eigenvalue weighted by Crippen LogP contribution is -2.18. The predicted molar refractivity (Wildman–Crippen MR) is 113 cm³/mol. The number of benzene rings is 2. The highest BCUT2D eigenvalue weighted by Gasteiger charge is 2.03. The molecule has 0 saturated carbocycles. The van der Waals surface area contributed by atoms with Crippen molar-refractivity contribution in [2.24, 2.45) is 0 Å². The summed E-state index contributed by atoms with van der Waals surface area (Å²) in [4.78, 5) is 0.